The summed E-state index contributed by atoms with van der Waals surface area (Å²) in [7, 11) is 0. The van der Waals surface area contributed by atoms with Gasteiger partial charge in [0.2, 0.25) is 5.91 Å². The number of carbonyl (C=O) groups excluding carboxylic acids is 2. The van der Waals surface area contributed by atoms with Crippen LogP contribution in [0.4, 0.5) is 5.69 Å². The molecule has 0 aliphatic heterocycles. The summed E-state index contributed by atoms with van der Waals surface area (Å²) in [5.74, 6) is -0.463. The average molecular weight is 563 g/mol. The Bertz CT molecular complexity index is 1700. The van der Waals surface area contributed by atoms with E-state index in [0.717, 1.165) is 26.6 Å². The van der Waals surface area contributed by atoms with Crippen molar-refractivity contribution in [3.63, 3.8) is 0 Å². The van der Waals surface area contributed by atoms with Crippen molar-refractivity contribution in [1.82, 2.24) is 5.32 Å². The number of thiophene rings is 1. The number of fused-ring (bicyclic) bond motifs is 1. The molecule has 41 heavy (non-hydrogen) atoms. The third-order valence-electron chi connectivity index (χ3n) is 6.19. The highest BCUT2D eigenvalue weighted by molar-refractivity contribution is 7.19. The molecule has 4 aromatic carbocycles. The van der Waals surface area contributed by atoms with E-state index in [1.807, 2.05) is 78.9 Å². The van der Waals surface area contributed by atoms with Crippen LogP contribution >= 0.6 is 11.3 Å². The molecule has 0 aliphatic carbocycles. The number of aliphatic carboxylic acids is 1. The molecule has 0 fully saturated rings. The fourth-order valence-corrected chi connectivity index (χ4v) is 5.15. The largest absolute Gasteiger partial charge is 0.478 e. The number of ether oxygens (including phenoxy) is 1. The van der Waals surface area contributed by atoms with Crippen molar-refractivity contribution >= 4 is 51.0 Å². The van der Waals surface area contributed by atoms with Gasteiger partial charge in [0.25, 0.3) is 5.91 Å². The summed E-state index contributed by atoms with van der Waals surface area (Å²) in [6.07, 6.45) is 2.93. The van der Waals surface area contributed by atoms with Gasteiger partial charge in [-0.2, -0.15) is 0 Å². The highest BCUT2D eigenvalue weighted by Gasteiger charge is 2.22. The van der Waals surface area contributed by atoms with Gasteiger partial charge < -0.3 is 20.5 Å². The SMILES string of the molecule is O=C(O)/C=C/c1cc2cc(NC(=O)C(Cc3ccccc3)NC(=O)c3ccc(Oc4ccccc4)cc3)ccc2s1. The van der Waals surface area contributed by atoms with Crippen molar-refractivity contribution < 1.29 is 24.2 Å². The summed E-state index contributed by atoms with van der Waals surface area (Å²) in [5.41, 5.74) is 1.88. The van der Waals surface area contributed by atoms with Gasteiger partial charge in [-0.3, -0.25) is 9.59 Å². The van der Waals surface area contributed by atoms with Crippen molar-refractivity contribution in [1.29, 1.82) is 0 Å². The van der Waals surface area contributed by atoms with Crippen LogP contribution in [0.25, 0.3) is 16.2 Å². The molecule has 7 nitrogen and oxygen atoms in total. The number of hydrogen-bond acceptors (Lipinski definition) is 5. The van der Waals surface area contributed by atoms with E-state index < -0.39 is 12.0 Å². The second-order valence-corrected chi connectivity index (χ2v) is 10.3. The van der Waals surface area contributed by atoms with Crippen molar-refractivity contribution in [2.75, 3.05) is 5.32 Å². The Labute approximate surface area is 240 Å². The number of amides is 2. The van der Waals surface area contributed by atoms with E-state index >= 15 is 0 Å². The van der Waals surface area contributed by atoms with Crippen LogP contribution in [-0.2, 0) is 16.0 Å². The molecular weight excluding hydrogens is 536 g/mol. The minimum absolute atomic E-state index is 0.304. The minimum atomic E-state index is -1.02. The summed E-state index contributed by atoms with van der Waals surface area (Å²) in [5, 5.41) is 15.6. The number of nitrogens with one attached hydrogen (secondary N) is 2. The Morgan fingerprint density at radius 3 is 2.22 bits per heavy atom. The second-order valence-electron chi connectivity index (χ2n) is 9.22. The van der Waals surface area contributed by atoms with Gasteiger partial charge in [0.15, 0.2) is 0 Å². The zero-order valence-corrected chi connectivity index (χ0v) is 22.6. The lowest BCUT2D eigenvalue weighted by molar-refractivity contribution is -0.131. The van der Waals surface area contributed by atoms with Crippen LogP contribution in [0.1, 0.15) is 20.8 Å². The molecule has 1 heterocycles. The first-order valence-corrected chi connectivity index (χ1v) is 13.7. The molecule has 5 aromatic rings. The lowest BCUT2D eigenvalue weighted by Crippen LogP contribution is -2.45. The molecule has 0 saturated heterocycles. The van der Waals surface area contributed by atoms with Crippen molar-refractivity contribution in [2.45, 2.75) is 12.5 Å². The van der Waals surface area contributed by atoms with Gasteiger partial charge in [0.1, 0.15) is 17.5 Å². The molecule has 5 rings (SSSR count). The highest BCUT2D eigenvalue weighted by Crippen LogP contribution is 2.29. The average Bonchev–Trinajstić information content (AvgIpc) is 3.39. The Balaban J connectivity index is 1.30. The maximum atomic E-state index is 13.4. The first-order chi connectivity index (χ1) is 19.9. The fourth-order valence-electron chi connectivity index (χ4n) is 4.21. The van der Waals surface area contributed by atoms with Crippen LogP contribution in [-0.4, -0.2) is 28.9 Å². The molecular formula is C33H26N2O5S. The van der Waals surface area contributed by atoms with E-state index in [1.165, 1.54) is 17.4 Å². The molecule has 0 spiro atoms. The monoisotopic (exact) mass is 562 g/mol. The van der Waals surface area contributed by atoms with Gasteiger partial charge >= 0.3 is 5.97 Å². The van der Waals surface area contributed by atoms with Gasteiger partial charge in [-0.25, -0.2) is 4.79 Å². The second kappa shape index (κ2) is 12.8. The molecule has 1 aromatic heterocycles. The molecule has 0 bridgehead atoms. The Morgan fingerprint density at radius 2 is 1.51 bits per heavy atom. The summed E-state index contributed by atoms with van der Waals surface area (Å²) in [6.45, 7) is 0. The van der Waals surface area contributed by atoms with E-state index in [0.29, 0.717) is 29.2 Å². The number of anilines is 1. The van der Waals surface area contributed by atoms with E-state index in [1.54, 1.807) is 30.3 Å². The predicted octanol–water partition coefficient (Wildman–Crippen LogP) is 6.77. The molecule has 8 heteroatoms. The first-order valence-electron chi connectivity index (χ1n) is 12.9. The van der Waals surface area contributed by atoms with Gasteiger partial charge in [-0.15, -0.1) is 11.3 Å². The lowest BCUT2D eigenvalue weighted by atomic mass is 10.0. The van der Waals surface area contributed by atoms with E-state index in [9.17, 15) is 14.4 Å². The molecule has 0 saturated carbocycles. The molecule has 3 N–H and O–H groups in total. The quantitative estimate of drug-likeness (QED) is 0.163. The van der Waals surface area contributed by atoms with Crippen LogP contribution in [0, 0.1) is 0 Å². The lowest BCUT2D eigenvalue weighted by Gasteiger charge is -2.19. The number of carboxylic acids is 1. The molecule has 2 amide bonds. The van der Waals surface area contributed by atoms with Crippen LogP contribution in [0.15, 0.2) is 115 Å². The van der Waals surface area contributed by atoms with Crippen LogP contribution in [0.5, 0.6) is 11.5 Å². The number of carboxylic acid groups (broad SMARTS) is 1. The summed E-state index contributed by atoms with van der Waals surface area (Å²) in [4.78, 5) is 38.3. The van der Waals surface area contributed by atoms with E-state index in [-0.39, 0.29) is 11.8 Å². The van der Waals surface area contributed by atoms with Crippen LogP contribution in [0.2, 0.25) is 0 Å². The Morgan fingerprint density at radius 1 is 0.829 bits per heavy atom. The zero-order valence-electron chi connectivity index (χ0n) is 21.8. The topological polar surface area (TPSA) is 105 Å². The summed E-state index contributed by atoms with van der Waals surface area (Å²) >= 11 is 1.45. The van der Waals surface area contributed by atoms with Crippen molar-refractivity contribution in [2.24, 2.45) is 0 Å². The third kappa shape index (κ3) is 7.46. The molecule has 0 aliphatic rings. The van der Waals surface area contributed by atoms with E-state index in [4.69, 9.17) is 9.84 Å². The molecule has 0 radical (unpaired) electrons. The number of carbonyl (C=O) groups is 3. The Hall–Kier alpha value is -5.21. The maximum Gasteiger partial charge on any atom is 0.328 e. The van der Waals surface area contributed by atoms with Crippen LogP contribution in [0.3, 0.4) is 0 Å². The third-order valence-corrected chi connectivity index (χ3v) is 7.27. The maximum absolute atomic E-state index is 13.4. The number of rotatable bonds is 10. The number of para-hydroxylation sites is 1. The van der Waals surface area contributed by atoms with Gasteiger partial charge in [-0.1, -0.05) is 48.5 Å². The number of hydrogen-bond donors (Lipinski definition) is 3. The fraction of sp³-hybridized carbons (Fsp3) is 0.0606. The smallest absolute Gasteiger partial charge is 0.328 e. The summed E-state index contributed by atoms with van der Waals surface area (Å²) < 4.78 is 6.77. The van der Waals surface area contributed by atoms with Crippen molar-refractivity contribution in [3.05, 3.63) is 131 Å². The molecule has 204 valence electrons. The molecule has 1 unspecified atom stereocenters. The number of benzene rings is 4. The van der Waals surface area contributed by atoms with Gasteiger partial charge in [0, 0.05) is 33.3 Å². The van der Waals surface area contributed by atoms with Gasteiger partial charge in [0.05, 0.1) is 0 Å². The first kappa shape index (κ1) is 27.4. The Kier molecular flexibility index (Phi) is 8.52. The predicted molar refractivity (Wildman–Crippen MR) is 161 cm³/mol. The van der Waals surface area contributed by atoms with E-state index in [2.05, 4.69) is 10.6 Å². The highest BCUT2D eigenvalue weighted by atomic mass is 32.1. The van der Waals surface area contributed by atoms with Crippen molar-refractivity contribution in [3.8, 4) is 11.5 Å². The standard InChI is InChI=1S/C33H26N2O5S/c36-31(37)18-16-28-21-24-20-25(13-17-30(24)41-28)34-33(39)29(19-22-7-3-1-4-8-22)35-32(38)23-11-14-27(15-12-23)40-26-9-5-2-6-10-26/h1-18,20-21,29H,19H2,(H,34,39)(H,35,38)(H,36,37)/b18-16+. The van der Waals surface area contributed by atoms with Gasteiger partial charge in [-0.05, 0) is 77.7 Å². The van der Waals surface area contributed by atoms with Crippen LogP contribution < -0.4 is 15.4 Å². The zero-order chi connectivity index (χ0) is 28.6. The summed E-state index contributed by atoms with van der Waals surface area (Å²) in [6, 6.07) is 32.1. The normalized spacial score (nSPS) is 11.7. The minimum Gasteiger partial charge on any atom is -0.478 e. The molecule has 1 atom stereocenters.